The number of pyridine rings is 1. The molecule has 0 saturated carbocycles. The molecule has 31 heavy (non-hydrogen) atoms. The van der Waals surface area contributed by atoms with Crippen molar-refractivity contribution in [3.8, 4) is 11.1 Å². The zero-order valence-electron chi connectivity index (χ0n) is 18.6. The molecule has 0 aliphatic rings. The average molecular weight is 418 g/mol. The lowest BCUT2D eigenvalue weighted by atomic mass is 9.94. The standard InChI is InChI=1S/C26H31N3O2/c1-5-25(29-18(4)19-8-7-17(3)28-14-19)21-11-20(12-22(13-21)26(31)15-30)23-9-6-16(2)10-24(23)27/h5-14,18,26,29-31H,15,27H2,1-4H3/b25-5-/t18-,26?/m1/s1. The van der Waals surface area contributed by atoms with Crippen LogP contribution in [0.5, 0.6) is 0 Å². The molecule has 5 nitrogen and oxygen atoms in total. The number of hydrogen-bond acceptors (Lipinski definition) is 5. The number of nitrogens with two attached hydrogens (primary N) is 1. The first-order valence-electron chi connectivity index (χ1n) is 10.5. The summed E-state index contributed by atoms with van der Waals surface area (Å²) in [5.41, 5.74) is 14.4. The third-order valence-electron chi connectivity index (χ3n) is 5.44. The maximum absolute atomic E-state index is 10.3. The van der Waals surface area contributed by atoms with Crippen molar-refractivity contribution in [2.24, 2.45) is 0 Å². The second-order valence-electron chi connectivity index (χ2n) is 7.93. The Bertz CT molecular complexity index is 1070. The van der Waals surface area contributed by atoms with E-state index in [4.69, 9.17) is 5.73 Å². The molecule has 1 heterocycles. The van der Waals surface area contributed by atoms with E-state index >= 15 is 0 Å². The fraction of sp³-hybridized carbons (Fsp3) is 0.269. The normalized spacial score (nSPS) is 13.7. The molecule has 0 radical (unpaired) electrons. The highest BCUT2D eigenvalue weighted by Crippen LogP contribution is 2.32. The zero-order chi connectivity index (χ0) is 22.5. The molecule has 0 bridgehead atoms. The van der Waals surface area contributed by atoms with Crippen LogP contribution in [-0.4, -0.2) is 21.8 Å². The molecule has 1 aromatic heterocycles. The number of aliphatic hydroxyl groups excluding tert-OH is 2. The summed E-state index contributed by atoms with van der Waals surface area (Å²) in [6, 6.07) is 15.9. The Kier molecular flexibility index (Phi) is 7.10. The summed E-state index contributed by atoms with van der Waals surface area (Å²) < 4.78 is 0. The monoisotopic (exact) mass is 417 g/mol. The molecule has 0 fully saturated rings. The molecule has 5 N–H and O–H groups in total. The number of aryl methyl sites for hydroxylation is 2. The zero-order valence-corrected chi connectivity index (χ0v) is 18.6. The van der Waals surface area contributed by atoms with Gasteiger partial charge >= 0.3 is 0 Å². The summed E-state index contributed by atoms with van der Waals surface area (Å²) in [5, 5.41) is 23.4. The van der Waals surface area contributed by atoms with Crippen molar-refractivity contribution in [3.05, 3.63) is 88.8 Å². The topological polar surface area (TPSA) is 91.4 Å². The van der Waals surface area contributed by atoms with Crippen LogP contribution in [0.3, 0.4) is 0 Å². The lowest BCUT2D eigenvalue weighted by molar-refractivity contribution is 0.0956. The lowest BCUT2D eigenvalue weighted by Gasteiger charge is -2.21. The largest absolute Gasteiger partial charge is 0.398 e. The van der Waals surface area contributed by atoms with Gasteiger partial charge in [0.2, 0.25) is 0 Å². The molecule has 0 aliphatic carbocycles. The van der Waals surface area contributed by atoms with Gasteiger partial charge in [0.1, 0.15) is 6.10 Å². The Morgan fingerprint density at radius 2 is 1.87 bits per heavy atom. The molecule has 1 unspecified atom stereocenters. The smallest absolute Gasteiger partial charge is 0.102 e. The minimum atomic E-state index is -0.970. The van der Waals surface area contributed by atoms with Crippen molar-refractivity contribution in [1.82, 2.24) is 10.3 Å². The third kappa shape index (κ3) is 5.32. The first kappa shape index (κ1) is 22.5. The van der Waals surface area contributed by atoms with Gasteiger partial charge in [-0.15, -0.1) is 0 Å². The number of allylic oxidation sites excluding steroid dienone is 1. The van der Waals surface area contributed by atoms with E-state index in [2.05, 4.69) is 29.4 Å². The van der Waals surface area contributed by atoms with Crippen LogP contribution in [0, 0.1) is 13.8 Å². The van der Waals surface area contributed by atoms with Crippen molar-refractivity contribution >= 4 is 11.4 Å². The van der Waals surface area contributed by atoms with Gasteiger partial charge in [0.25, 0.3) is 0 Å². The van der Waals surface area contributed by atoms with E-state index in [0.717, 1.165) is 39.2 Å². The van der Waals surface area contributed by atoms with Crippen LogP contribution in [0.4, 0.5) is 5.69 Å². The molecule has 0 aliphatic heterocycles. The van der Waals surface area contributed by atoms with Crippen LogP contribution in [0.25, 0.3) is 16.8 Å². The first-order chi connectivity index (χ1) is 14.8. The van der Waals surface area contributed by atoms with Crippen molar-refractivity contribution in [1.29, 1.82) is 0 Å². The molecule has 162 valence electrons. The van der Waals surface area contributed by atoms with Crippen LogP contribution >= 0.6 is 0 Å². The van der Waals surface area contributed by atoms with Crippen molar-refractivity contribution < 1.29 is 10.2 Å². The Balaban J connectivity index is 2.02. The Hall–Kier alpha value is -3.15. The number of nitrogen functional groups attached to an aromatic ring is 1. The van der Waals surface area contributed by atoms with Gasteiger partial charge in [0.05, 0.1) is 12.6 Å². The molecule has 2 aromatic carbocycles. The van der Waals surface area contributed by atoms with Crippen molar-refractivity contribution in [2.45, 2.75) is 39.8 Å². The lowest BCUT2D eigenvalue weighted by Crippen LogP contribution is -2.18. The third-order valence-corrected chi connectivity index (χ3v) is 5.44. The molecular formula is C26H31N3O2. The Morgan fingerprint density at radius 1 is 1.10 bits per heavy atom. The van der Waals surface area contributed by atoms with Crippen LogP contribution in [-0.2, 0) is 0 Å². The minimum absolute atomic E-state index is 0.0404. The maximum atomic E-state index is 10.3. The van der Waals surface area contributed by atoms with Crippen LogP contribution in [0.15, 0.2) is 60.8 Å². The highest BCUT2D eigenvalue weighted by Gasteiger charge is 2.15. The summed E-state index contributed by atoms with van der Waals surface area (Å²) in [5.74, 6) is 0. The predicted octanol–water partition coefficient (Wildman–Crippen LogP) is 4.68. The number of benzene rings is 2. The number of nitrogens with one attached hydrogen (secondary N) is 1. The van der Waals surface area contributed by atoms with E-state index in [0.29, 0.717) is 11.3 Å². The second kappa shape index (κ2) is 9.77. The quantitative estimate of drug-likeness (QED) is 0.419. The van der Waals surface area contributed by atoms with Crippen molar-refractivity contribution in [2.75, 3.05) is 12.3 Å². The van der Waals surface area contributed by atoms with Gasteiger partial charge < -0.3 is 21.3 Å². The predicted molar refractivity (Wildman–Crippen MR) is 127 cm³/mol. The van der Waals surface area contributed by atoms with E-state index in [1.807, 2.05) is 69.4 Å². The summed E-state index contributed by atoms with van der Waals surface area (Å²) in [6.45, 7) is 7.67. The van der Waals surface area contributed by atoms with Gasteiger partial charge in [-0.1, -0.05) is 24.3 Å². The number of hydrogen-bond donors (Lipinski definition) is 4. The summed E-state index contributed by atoms with van der Waals surface area (Å²) in [4.78, 5) is 4.39. The average Bonchev–Trinajstić information content (AvgIpc) is 2.76. The van der Waals surface area contributed by atoms with E-state index in [-0.39, 0.29) is 12.6 Å². The molecular weight excluding hydrogens is 386 g/mol. The van der Waals surface area contributed by atoms with Gasteiger partial charge in [-0.3, -0.25) is 4.98 Å². The molecule has 3 rings (SSSR count). The number of anilines is 1. The Labute approximate surface area is 184 Å². The summed E-state index contributed by atoms with van der Waals surface area (Å²) >= 11 is 0. The minimum Gasteiger partial charge on any atom is -0.398 e. The number of rotatable bonds is 7. The fourth-order valence-corrected chi connectivity index (χ4v) is 3.59. The van der Waals surface area contributed by atoms with E-state index in [1.54, 1.807) is 0 Å². The summed E-state index contributed by atoms with van der Waals surface area (Å²) in [7, 11) is 0. The Morgan fingerprint density at radius 3 is 2.48 bits per heavy atom. The summed E-state index contributed by atoms with van der Waals surface area (Å²) in [6.07, 6.45) is 2.91. The fourth-order valence-electron chi connectivity index (χ4n) is 3.59. The van der Waals surface area contributed by atoms with Gasteiger partial charge in [-0.25, -0.2) is 0 Å². The van der Waals surface area contributed by atoms with Crippen LogP contribution < -0.4 is 11.1 Å². The van der Waals surface area contributed by atoms with E-state index in [9.17, 15) is 10.2 Å². The van der Waals surface area contributed by atoms with Gasteiger partial charge in [0, 0.05) is 28.8 Å². The molecule has 0 spiro atoms. The molecule has 2 atom stereocenters. The molecule has 3 aromatic rings. The van der Waals surface area contributed by atoms with Gasteiger partial charge in [-0.05, 0) is 85.8 Å². The second-order valence-corrected chi connectivity index (χ2v) is 7.93. The molecule has 0 amide bonds. The van der Waals surface area contributed by atoms with E-state index < -0.39 is 6.10 Å². The number of aromatic nitrogens is 1. The highest BCUT2D eigenvalue weighted by atomic mass is 16.3. The first-order valence-corrected chi connectivity index (χ1v) is 10.5. The van der Waals surface area contributed by atoms with Gasteiger partial charge in [-0.2, -0.15) is 0 Å². The van der Waals surface area contributed by atoms with E-state index in [1.165, 1.54) is 0 Å². The van der Waals surface area contributed by atoms with Crippen LogP contribution in [0.2, 0.25) is 0 Å². The van der Waals surface area contributed by atoms with Crippen LogP contribution in [0.1, 0.15) is 53.9 Å². The molecule has 0 saturated heterocycles. The highest BCUT2D eigenvalue weighted by molar-refractivity contribution is 5.80. The SMILES string of the molecule is C/C=C(\N[C@H](C)c1ccc(C)nc1)c1cc(-c2ccc(C)cc2N)cc(C(O)CO)c1. The van der Waals surface area contributed by atoms with Gasteiger partial charge in [0.15, 0.2) is 0 Å². The molecule has 5 heteroatoms. The maximum Gasteiger partial charge on any atom is 0.102 e. The number of aliphatic hydroxyl groups is 2. The van der Waals surface area contributed by atoms with Crippen molar-refractivity contribution in [3.63, 3.8) is 0 Å². The number of nitrogens with zero attached hydrogens (tertiary/aromatic N) is 1.